The van der Waals surface area contributed by atoms with E-state index in [4.69, 9.17) is 5.73 Å². The van der Waals surface area contributed by atoms with E-state index in [1.54, 1.807) is 48.5 Å². The lowest BCUT2D eigenvalue weighted by Gasteiger charge is -2.06. The number of hydrogen-bond acceptors (Lipinski definition) is 4. The van der Waals surface area contributed by atoms with E-state index >= 15 is 0 Å². The van der Waals surface area contributed by atoms with Crippen LogP contribution in [-0.4, -0.2) is 14.3 Å². The Balaban J connectivity index is 2.04. The normalized spacial score (nSPS) is 15.7. The molecule has 0 amide bonds. The summed E-state index contributed by atoms with van der Waals surface area (Å²) in [7, 11) is -3.59. The second kappa shape index (κ2) is 4.10. The van der Waals surface area contributed by atoms with E-state index in [1.807, 2.05) is 0 Å². The Kier molecular flexibility index (Phi) is 2.53. The van der Waals surface area contributed by atoms with E-state index in [0.29, 0.717) is 22.8 Å². The first-order valence-corrected chi connectivity index (χ1v) is 7.07. The van der Waals surface area contributed by atoms with Crippen molar-refractivity contribution in [3.05, 3.63) is 54.1 Å². The van der Waals surface area contributed by atoms with Crippen LogP contribution in [0.25, 0.3) is 0 Å². The van der Waals surface area contributed by atoms with Gasteiger partial charge in [-0.05, 0) is 30.3 Å². The minimum Gasteiger partial charge on any atom is -0.399 e. The predicted molar refractivity (Wildman–Crippen MR) is 74.6 cm³/mol. The van der Waals surface area contributed by atoms with Crippen LogP contribution in [0.5, 0.6) is 0 Å². The molecular formula is C13H11N3O2S. The number of amidine groups is 1. The monoisotopic (exact) mass is 273 g/mol. The molecule has 0 unspecified atom stereocenters. The number of nitrogens with zero attached hydrogens (tertiary/aromatic N) is 1. The highest BCUT2D eigenvalue weighted by Crippen LogP contribution is 2.26. The summed E-state index contributed by atoms with van der Waals surface area (Å²) in [5.74, 6) is 0.321. The molecule has 2 aromatic rings. The third kappa shape index (κ3) is 2.06. The van der Waals surface area contributed by atoms with Crippen molar-refractivity contribution in [3.63, 3.8) is 0 Å². The lowest BCUT2D eigenvalue weighted by molar-refractivity contribution is 0.599. The SMILES string of the molecule is Nc1cccc(NC2=NS(=O)(=O)c3ccccc32)c1. The fraction of sp³-hybridized carbons (Fsp3) is 0. The molecule has 19 heavy (non-hydrogen) atoms. The Hall–Kier alpha value is -2.34. The fourth-order valence-corrected chi connectivity index (χ4v) is 3.12. The smallest absolute Gasteiger partial charge is 0.285 e. The van der Waals surface area contributed by atoms with Gasteiger partial charge >= 0.3 is 0 Å². The van der Waals surface area contributed by atoms with Crippen molar-refractivity contribution in [1.82, 2.24) is 0 Å². The third-order valence-corrected chi connectivity index (χ3v) is 4.12. The largest absolute Gasteiger partial charge is 0.399 e. The Morgan fingerprint density at radius 3 is 2.63 bits per heavy atom. The number of hydrogen-bond donors (Lipinski definition) is 2. The van der Waals surface area contributed by atoms with Gasteiger partial charge in [0.1, 0.15) is 4.90 Å². The minimum absolute atomic E-state index is 0.224. The lowest BCUT2D eigenvalue weighted by Crippen LogP contribution is -2.11. The van der Waals surface area contributed by atoms with Gasteiger partial charge in [-0.2, -0.15) is 8.42 Å². The number of nitrogens with one attached hydrogen (secondary N) is 1. The van der Waals surface area contributed by atoms with Gasteiger partial charge in [0.2, 0.25) is 0 Å². The third-order valence-electron chi connectivity index (χ3n) is 2.78. The van der Waals surface area contributed by atoms with Gasteiger partial charge in [-0.25, -0.2) is 0 Å². The lowest BCUT2D eigenvalue weighted by atomic mass is 10.2. The van der Waals surface area contributed by atoms with Crippen molar-refractivity contribution >= 4 is 27.2 Å². The highest BCUT2D eigenvalue weighted by atomic mass is 32.2. The molecule has 0 spiro atoms. The first kappa shape index (κ1) is 11.7. The number of nitrogen functional groups attached to an aromatic ring is 1. The molecule has 0 saturated heterocycles. The molecule has 1 heterocycles. The van der Waals surface area contributed by atoms with Crippen LogP contribution in [0.3, 0.4) is 0 Å². The summed E-state index contributed by atoms with van der Waals surface area (Å²) in [6.07, 6.45) is 0. The molecule has 3 rings (SSSR count). The van der Waals surface area contributed by atoms with Crippen molar-refractivity contribution in [3.8, 4) is 0 Å². The van der Waals surface area contributed by atoms with Crippen LogP contribution in [0, 0.1) is 0 Å². The van der Waals surface area contributed by atoms with Crippen molar-refractivity contribution in [2.75, 3.05) is 11.1 Å². The Bertz CT molecular complexity index is 782. The predicted octanol–water partition coefficient (Wildman–Crippen LogP) is 1.83. The summed E-state index contributed by atoms with van der Waals surface area (Å²) in [6, 6.07) is 13.8. The molecule has 0 atom stereocenters. The van der Waals surface area contributed by atoms with Crippen LogP contribution < -0.4 is 11.1 Å². The van der Waals surface area contributed by atoms with Crippen molar-refractivity contribution in [2.24, 2.45) is 4.40 Å². The first-order valence-electron chi connectivity index (χ1n) is 5.63. The van der Waals surface area contributed by atoms with Gasteiger partial charge in [0.05, 0.1) is 0 Å². The van der Waals surface area contributed by atoms with Gasteiger partial charge in [-0.1, -0.05) is 18.2 Å². The van der Waals surface area contributed by atoms with E-state index in [0.717, 1.165) is 0 Å². The number of sulfonamides is 1. The van der Waals surface area contributed by atoms with Crippen LogP contribution in [0.4, 0.5) is 11.4 Å². The summed E-state index contributed by atoms with van der Waals surface area (Å²) >= 11 is 0. The Labute approximate surface area is 110 Å². The van der Waals surface area contributed by atoms with Crippen molar-refractivity contribution in [2.45, 2.75) is 4.90 Å². The molecule has 6 heteroatoms. The van der Waals surface area contributed by atoms with Gasteiger partial charge in [0.25, 0.3) is 10.0 Å². The molecule has 1 aliphatic rings. The molecule has 0 fully saturated rings. The van der Waals surface area contributed by atoms with E-state index in [-0.39, 0.29) is 4.90 Å². The van der Waals surface area contributed by atoms with Gasteiger partial charge in [0, 0.05) is 16.9 Å². The number of benzene rings is 2. The molecule has 3 N–H and O–H groups in total. The highest BCUT2D eigenvalue weighted by molar-refractivity contribution is 7.90. The zero-order valence-electron chi connectivity index (χ0n) is 9.87. The average Bonchev–Trinajstić information content (AvgIpc) is 2.62. The van der Waals surface area contributed by atoms with Crippen LogP contribution >= 0.6 is 0 Å². The van der Waals surface area contributed by atoms with Crippen LogP contribution in [0.1, 0.15) is 5.56 Å². The zero-order chi connectivity index (χ0) is 13.5. The van der Waals surface area contributed by atoms with E-state index < -0.39 is 10.0 Å². The maximum atomic E-state index is 11.9. The number of rotatable bonds is 1. The quantitative estimate of drug-likeness (QED) is 0.776. The van der Waals surface area contributed by atoms with Gasteiger partial charge in [-0.3, -0.25) is 0 Å². The molecule has 0 aliphatic carbocycles. The molecule has 0 bridgehead atoms. The summed E-state index contributed by atoms with van der Waals surface area (Å²) in [6.45, 7) is 0. The summed E-state index contributed by atoms with van der Waals surface area (Å²) in [4.78, 5) is 0.224. The second-order valence-electron chi connectivity index (χ2n) is 4.16. The maximum Gasteiger partial charge on any atom is 0.285 e. The van der Waals surface area contributed by atoms with Gasteiger partial charge in [0.15, 0.2) is 5.84 Å². The average molecular weight is 273 g/mol. The molecule has 0 saturated carbocycles. The Morgan fingerprint density at radius 1 is 1.05 bits per heavy atom. The van der Waals surface area contributed by atoms with E-state index in [2.05, 4.69) is 9.71 Å². The molecule has 0 aromatic heterocycles. The topological polar surface area (TPSA) is 84.5 Å². The number of fused-ring (bicyclic) bond motifs is 1. The fourth-order valence-electron chi connectivity index (χ4n) is 1.95. The van der Waals surface area contributed by atoms with E-state index in [9.17, 15) is 8.42 Å². The summed E-state index contributed by atoms with van der Waals surface area (Å²) < 4.78 is 27.5. The van der Waals surface area contributed by atoms with Crippen LogP contribution in [-0.2, 0) is 10.0 Å². The molecule has 0 radical (unpaired) electrons. The van der Waals surface area contributed by atoms with Crippen LogP contribution in [0.2, 0.25) is 0 Å². The molecule has 5 nitrogen and oxygen atoms in total. The van der Waals surface area contributed by atoms with Crippen molar-refractivity contribution < 1.29 is 8.42 Å². The minimum atomic E-state index is -3.59. The molecule has 1 aliphatic heterocycles. The van der Waals surface area contributed by atoms with Gasteiger partial charge < -0.3 is 11.1 Å². The van der Waals surface area contributed by atoms with Crippen molar-refractivity contribution in [1.29, 1.82) is 0 Å². The number of anilines is 2. The molecule has 96 valence electrons. The standard InChI is InChI=1S/C13H11N3O2S/c14-9-4-3-5-10(8-9)15-13-11-6-1-2-7-12(11)19(17,18)16-13/h1-8H,14H2,(H,15,16). The second-order valence-corrected chi connectivity index (χ2v) is 5.73. The zero-order valence-corrected chi connectivity index (χ0v) is 10.7. The highest BCUT2D eigenvalue weighted by Gasteiger charge is 2.28. The first-order chi connectivity index (χ1) is 9.06. The van der Waals surface area contributed by atoms with Crippen LogP contribution in [0.15, 0.2) is 57.8 Å². The van der Waals surface area contributed by atoms with E-state index in [1.165, 1.54) is 0 Å². The summed E-state index contributed by atoms with van der Waals surface area (Å²) in [5, 5.41) is 2.98. The molecule has 2 aromatic carbocycles. The number of nitrogens with two attached hydrogens (primary N) is 1. The molecular weight excluding hydrogens is 262 g/mol. The summed E-state index contributed by atoms with van der Waals surface area (Å²) in [5.41, 5.74) is 7.55. The van der Waals surface area contributed by atoms with Gasteiger partial charge in [-0.15, -0.1) is 4.40 Å². The Morgan fingerprint density at radius 2 is 1.84 bits per heavy atom. The maximum absolute atomic E-state index is 11.9.